The Hall–Kier alpha value is -6.86. The van der Waals surface area contributed by atoms with Gasteiger partial charge < -0.3 is 29.8 Å². The zero-order valence-electron chi connectivity index (χ0n) is 57.4. The number of unbranched alkanes of at least 4 members (excludes halogenated alkanes) is 10. The topological polar surface area (TPSA) is 182 Å². The number of amides is 3. The summed E-state index contributed by atoms with van der Waals surface area (Å²) in [6.07, 6.45) is 15.8. The molecule has 3 amide bonds. The quantitative estimate of drug-likeness (QED) is 0.0214. The average molecular weight is 1250 g/mol. The van der Waals surface area contributed by atoms with E-state index in [0.717, 1.165) is 111 Å². The van der Waals surface area contributed by atoms with Gasteiger partial charge in [0.25, 0.3) is 0 Å². The molecule has 1 aromatic heterocycles. The van der Waals surface area contributed by atoms with E-state index in [1.165, 1.54) is 28.0 Å². The number of carbonyl (C=O) groups is 8. The number of hydrogen-bond acceptors (Lipinski definition) is 10. The van der Waals surface area contributed by atoms with E-state index in [1.54, 1.807) is 20.8 Å². The van der Waals surface area contributed by atoms with Gasteiger partial charge in [0, 0.05) is 56.4 Å². The number of ether oxygens (including phenoxy) is 1. The van der Waals surface area contributed by atoms with E-state index in [1.807, 2.05) is 92.9 Å². The first kappa shape index (κ1) is 77.4. The average Bonchev–Trinajstić information content (AvgIpc) is 1.77. The molecule has 0 spiro atoms. The Bertz CT molecular complexity index is 2950. The van der Waals surface area contributed by atoms with E-state index >= 15 is 0 Å². The van der Waals surface area contributed by atoms with Gasteiger partial charge in [-0.15, -0.1) is 11.3 Å². The van der Waals surface area contributed by atoms with Crippen molar-refractivity contribution in [3.8, 4) is 11.1 Å². The molecule has 3 N–H and O–H groups in total. The lowest BCUT2D eigenvalue weighted by atomic mass is 9.85. The van der Waals surface area contributed by atoms with Crippen LogP contribution >= 0.6 is 11.3 Å². The highest BCUT2D eigenvalue weighted by atomic mass is 32.1. The first-order chi connectivity index (χ1) is 42.2. The molecular formula is C77H109N3O9S. The second kappa shape index (κ2) is 38.7. The van der Waals surface area contributed by atoms with Gasteiger partial charge in [-0.25, -0.2) is 4.79 Å². The van der Waals surface area contributed by atoms with Crippen molar-refractivity contribution in [1.82, 2.24) is 5.32 Å². The van der Waals surface area contributed by atoms with Crippen molar-refractivity contribution in [2.75, 3.05) is 10.6 Å². The normalized spacial score (nSPS) is 11.9. The van der Waals surface area contributed by atoms with Crippen molar-refractivity contribution in [3.05, 3.63) is 141 Å². The van der Waals surface area contributed by atoms with Crippen LogP contribution in [0.3, 0.4) is 0 Å². The Kier molecular flexibility index (Phi) is 33.3. The van der Waals surface area contributed by atoms with Crippen LogP contribution in [-0.2, 0) is 62.7 Å². The molecule has 0 aliphatic carbocycles. The number of rotatable bonds is 32. The zero-order valence-corrected chi connectivity index (χ0v) is 58.2. The van der Waals surface area contributed by atoms with Crippen LogP contribution in [-0.4, -0.2) is 52.4 Å². The Morgan fingerprint density at radius 2 is 0.844 bits per heavy atom. The summed E-state index contributed by atoms with van der Waals surface area (Å²) in [5.41, 5.74) is 8.83. The fourth-order valence-corrected chi connectivity index (χ4v) is 10.7. The molecule has 90 heavy (non-hydrogen) atoms. The molecule has 0 radical (unpaired) electrons. The first-order valence-electron chi connectivity index (χ1n) is 32.8. The molecule has 0 bridgehead atoms. The molecule has 1 atom stereocenters. The monoisotopic (exact) mass is 1250 g/mol. The molecule has 0 aliphatic rings. The molecule has 492 valence electrons. The predicted molar refractivity (Wildman–Crippen MR) is 372 cm³/mol. The van der Waals surface area contributed by atoms with Gasteiger partial charge in [-0.3, -0.25) is 24.5 Å². The zero-order chi connectivity index (χ0) is 67.1. The second-order valence-electron chi connectivity index (χ2n) is 28.3. The van der Waals surface area contributed by atoms with Crippen molar-refractivity contribution in [2.45, 2.75) is 261 Å². The maximum atomic E-state index is 13.3. The Morgan fingerprint density at radius 3 is 1.30 bits per heavy atom. The van der Waals surface area contributed by atoms with Crippen LogP contribution < -0.4 is 16.0 Å². The highest BCUT2D eigenvalue weighted by molar-refractivity contribution is 7.12. The smallest absolute Gasteiger partial charge is 0.412 e. The number of nitrogens with one attached hydrogen (secondary N) is 3. The van der Waals surface area contributed by atoms with E-state index in [2.05, 4.69) is 115 Å². The maximum Gasteiger partial charge on any atom is 0.412 e. The number of carbonyl (C=O) groups excluding carboxylic acids is 8. The van der Waals surface area contributed by atoms with E-state index < -0.39 is 17.6 Å². The van der Waals surface area contributed by atoms with Crippen molar-refractivity contribution in [1.29, 1.82) is 0 Å². The SMILES string of the molecule is CC(=O)CCCCCC(C(=O)Cc1ccc(C(C)(C)C)cc1)C(=O)Nc1ccc(C(C)(C)C)cc1.CC(=O)CCCCCCCC(=O)NCc1ccc(C(C)(C)C)cc1.CC(=O)CCCCCCCC(=O)c1cc(-c2ccc(NC(=O)OC(C)(C)C)cc2)cs1. The van der Waals surface area contributed by atoms with Gasteiger partial charge in [0.2, 0.25) is 11.8 Å². The molecule has 1 heterocycles. The van der Waals surface area contributed by atoms with Crippen LogP contribution in [0.4, 0.5) is 16.2 Å². The van der Waals surface area contributed by atoms with Gasteiger partial charge in [0.15, 0.2) is 5.78 Å². The largest absolute Gasteiger partial charge is 0.444 e. The van der Waals surface area contributed by atoms with Crippen LogP contribution in [0.5, 0.6) is 0 Å². The summed E-state index contributed by atoms with van der Waals surface area (Å²) in [6.45, 7) is 30.4. The van der Waals surface area contributed by atoms with Gasteiger partial charge in [0.05, 0.1) is 10.8 Å². The summed E-state index contributed by atoms with van der Waals surface area (Å²) in [7, 11) is 0. The Labute approximate surface area is 544 Å². The van der Waals surface area contributed by atoms with E-state index in [4.69, 9.17) is 4.74 Å². The molecule has 0 saturated carbocycles. The maximum absolute atomic E-state index is 13.3. The highest BCUT2D eigenvalue weighted by Crippen LogP contribution is 2.30. The fourth-order valence-electron chi connectivity index (χ4n) is 9.78. The number of thiophene rings is 1. The summed E-state index contributed by atoms with van der Waals surface area (Å²) in [4.78, 5) is 96.4. The van der Waals surface area contributed by atoms with Crippen molar-refractivity contribution in [3.63, 3.8) is 0 Å². The number of hydrogen-bond donors (Lipinski definition) is 3. The number of Topliss-reactive ketones (excluding diaryl/α,β-unsaturated/α-hetero) is 5. The lowest BCUT2D eigenvalue weighted by Crippen LogP contribution is -2.31. The van der Waals surface area contributed by atoms with Gasteiger partial charge in [-0.05, 0) is 171 Å². The second-order valence-corrected chi connectivity index (χ2v) is 29.2. The minimum absolute atomic E-state index is 0.0312. The third-order valence-corrected chi connectivity index (χ3v) is 16.3. The molecule has 0 aliphatic heterocycles. The van der Waals surface area contributed by atoms with Crippen LogP contribution in [0.15, 0.2) is 109 Å². The summed E-state index contributed by atoms with van der Waals surface area (Å²) in [5.74, 6) is -0.0330. The fraction of sp³-hybridized carbons (Fsp3) is 0.532. The molecule has 5 rings (SSSR count). The Morgan fingerprint density at radius 1 is 0.444 bits per heavy atom. The van der Waals surface area contributed by atoms with Crippen molar-refractivity contribution >= 4 is 69.5 Å². The summed E-state index contributed by atoms with van der Waals surface area (Å²) in [6, 6.07) is 33.9. The standard InChI is InChI=1S/C31H43NO3.C25H33NO4S.C21H33NO2/c1-22(33)11-9-8-10-12-27(28(34)21-23-13-15-24(16-14-23)30(2,3)4)29(35)32-26-19-17-25(18-20-26)31(5,6)7;1-18(27)10-8-6-5-7-9-11-22(28)23-16-20(17-31-23)19-12-14-21(15-13-19)26-24(29)30-25(2,3)4;1-17(23)10-8-6-5-7-9-11-20(24)22-16-18-12-14-19(15-13-18)21(2,3)4/h13-20,27H,8-12,21H2,1-7H3,(H,32,35);12-17H,5-11H2,1-4H3,(H,26,29);12-15H,5-11,16H2,1-4H3,(H,22,24). The molecule has 0 fully saturated rings. The minimum atomic E-state index is -0.711. The Balaban J connectivity index is 0.000000359. The molecule has 5 aromatic rings. The molecule has 12 nitrogen and oxygen atoms in total. The molecule has 0 saturated heterocycles. The van der Waals surface area contributed by atoms with E-state index in [-0.39, 0.29) is 63.4 Å². The van der Waals surface area contributed by atoms with Gasteiger partial charge in [-0.1, -0.05) is 186 Å². The summed E-state index contributed by atoms with van der Waals surface area (Å²) >= 11 is 1.47. The minimum Gasteiger partial charge on any atom is -0.444 e. The van der Waals surface area contributed by atoms with Gasteiger partial charge in [-0.2, -0.15) is 0 Å². The molecule has 13 heteroatoms. The van der Waals surface area contributed by atoms with Crippen LogP contribution in [0, 0.1) is 5.92 Å². The van der Waals surface area contributed by atoms with Gasteiger partial charge in [0.1, 0.15) is 28.7 Å². The van der Waals surface area contributed by atoms with Crippen molar-refractivity contribution in [2.24, 2.45) is 5.92 Å². The lowest BCUT2D eigenvalue weighted by molar-refractivity contribution is -0.131. The number of benzene rings is 4. The van der Waals surface area contributed by atoms with E-state index in [9.17, 15) is 38.4 Å². The molecule has 4 aromatic carbocycles. The van der Waals surface area contributed by atoms with Crippen molar-refractivity contribution < 1.29 is 43.1 Å². The predicted octanol–water partition coefficient (Wildman–Crippen LogP) is 19.4. The summed E-state index contributed by atoms with van der Waals surface area (Å²) < 4.78 is 5.26. The summed E-state index contributed by atoms with van der Waals surface area (Å²) in [5, 5.41) is 10.7. The molecule has 1 unspecified atom stereocenters. The third-order valence-electron chi connectivity index (χ3n) is 15.4. The first-order valence-corrected chi connectivity index (χ1v) is 33.7. The third kappa shape index (κ3) is 32.8. The van der Waals surface area contributed by atoms with Crippen LogP contribution in [0.1, 0.15) is 263 Å². The highest BCUT2D eigenvalue weighted by Gasteiger charge is 2.27. The van der Waals surface area contributed by atoms with Crippen LogP contribution in [0.2, 0.25) is 0 Å². The molecular weight excluding hydrogens is 1140 g/mol. The van der Waals surface area contributed by atoms with Gasteiger partial charge >= 0.3 is 6.09 Å². The number of anilines is 2. The van der Waals surface area contributed by atoms with E-state index in [0.29, 0.717) is 56.4 Å². The lowest BCUT2D eigenvalue weighted by Gasteiger charge is -2.20. The number of ketones is 5. The van der Waals surface area contributed by atoms with Crippen LogP contribution in [0.25, 0.3) is 11.1 Å².